The standard InChI is InChI=1S/C21H16N2O4/c1-2-26-21(24)15-9-7-14(8-10-15)20-16-11-12-23(25)13-19(16)27-18-6-4-3-5-17(18)22-20/h3-13H,2H2,1H3. The van der Waals surface area contributed by atoms with E-state index < -0.39 is 0 Å². The predicted molar refractivity (Wildman–Crippen MR) is 99.6 cm³/mol. The highest BCUT2D eigenvalue weighted by Gasteiger charge is 2.22. The Bertz CT molecular complexity index is 1040. The topological polar surface area (TPSA) is 74.8 Å². The summed E-state index contributed by atoms with van der Waals surface area (Å²) in [6, 6.07) is 16.1. The van der Waals surface area contributed by atoms with E-state index in [0.29, 0.717) is 45.4 Å². The minimum Gasteiger partial charge on any atom is -0.619 e. The molecule has 1 aliphatic heterocycles. The monoisotopic (exact) mass is 360 g/mol. The van der Waals surface area contributed by atoms with Crippen LogP contribution < -0.4 is 9.47 Å². The molecule has 0 radical (unpaired) electrons. The molecule has 0 saturated heterocycles. The molecule has 3 aromatic rings. The lowest BCUT2D eigenvalue weighted by molar-refractivity contribution is -0.605. The minimum absolute atomic E-state index is 0.323. The molecule has 4 rings (SSSR count). The lowest BCUT2D eigenvalue weighted by Gasteiger charge is -2.09. The third kappa shape index (κ3) is 3.25. The quantitative estimate of drug-likeness (QED) is 0.317. The number of hydrogen-bond acceptors (Lipinski definition) is 5. The van der Waals surface area contributed by atoms with Crippen LogP contribution in [0.1, 0.15) is 28.4 Å². The van der Waals surface area contributed by atoms with Gasteiger partial charge in [-0.2, -0.15) is 4.73 Å². The fraction of sp³-hybridized carbons (Fsp3) is 0.0952. The van der Waals surface area contributed by atoms with Crippen molar-refractivity contribution in [3.8, 4) is 11.5 Å². The number of nitrogens with zero attached hydrogens (tertiary/aromatic N) is 2. The number of ether oxygens (including phenoxy) is 2. The molecular formula is C21H16N2O4. The number of aliphatic imine (C=N–C) groups is 1. The molecule has 0 bridgehead atoms. The SMILES string of the molecule is CCOC(=O)c1ccc(C2=Nc3ccccc3Oc3c[n+]([O-])ccc32)cc1. The van der Waals surface area contributed by atoms with Crippen molar-refractivity contribution in [1.82, 2.24) is 0 Å². The van der Waals surface area contributed by atoms with Gasteiger partial charge in [0.2, 0.25) is 11.9 Å². The maximum atomic E-state index is 11.9. The summed E-state index contributed by atoms with van der Waals surface area (Å²) in [5.41, 5.74) is 3.29. The largest absolute Gasteiger partial charge is 0.619 e. The number of hydrogen-bond donors (Lipinski definition) is 0. The van der Waals surface area contributed by atoms with E-state index in [0.717, 1.165) is 5.56 Å². The van der Waals surface area contributed by atoms with Gasteiger partial charge in [-0.15, -0.1) is 0 Å². The molecule has 27 heavy (non-hydrogen) atoms. The van der Waals surface area contributed by atoms with Crippen LogP contribution in [-0.4, -0.2) is 18.3 Å². The number of aromatic nitrogens is 1. The first kappa shape index (κ1) is 16.8. The van der Waals surface area contributed by atoms with Crippen LogP contribution in [0.4, 0.5) is 5.69 Å². The summed E-state index contributed by atoms with van der Waals surface area (Å²) in [4.78, 5) is 16.6. The van der Waals surface area contributed by atoms with E-state index in [2.05, 4.69) is 0 Å². The predicted octanol–water partition coefficient (Wildman–Crippen LogP) is 3.77. The highest BCUT2D eigenvalue weighted by Crippen LogP contribution is 2.37. The fourth-order valence-electron chi connectivity index (χ4n) is 2.87. The van der Waals surface area contributed by atoms with E-state index in [1.165, 1.54) is 12.4 Å². The molecule has 0 fully saturated rings. The molecule has 6 heteroatoms. The van der Waals surface area contributed by atoms with Crippen molar-refractivity contribution in [3.63, 3.8) is 0 Å². The highest BCUT2D eigenvalue weighted by atomic mass is 16.5. The van der Waals surface area contributed by atoms with E-state index in [-0.39, 0.29) is 5.97 Å². The molecule has 1 aliphatic rings. The van der Waals surface area contributed by atoms with Crippen LogP contribution in [0.5, 0.6) is 11.5 Å². The Hall–Kier alpha value is -3.67. The molecule has 0 saturated carbocycles. The summed E-state index contributed by atoms with van der Waals surface area (Å²) in [5, 5.41) is 11.7. The van der Waals surface area contributed by atoms with Gasteiger partial charge in [-0.05, 0) is 31.2 Å². The molecule has 0 amide bonds. The molecule has 2 aromatic carbocycles. The number of fused-ring (bicyclic) bond motifs is 2. The summed E-state index contributed by atoms with van der Waals surface area (Å²) in [7, 11) is 0. The smallest absolute Gasteiger partial charge is 0.338 e. The maximum absolute atomic E-state index is 11.9. The van der Waals surface area contributed by atoms with Crippen molar-refractivity contribution in [2.75, 3.05) is 6.61 Å². The maximum Gasteiger partial charge on any atom is 0.338 e. The lowest BCUT2D eigenvalue weighted by Crippen LogP contribution is -2.25. The second-order valence-electron chi connectivity index (χ2n) is 5.91. The number of benzene rings is 2. The van der Waals surface area contributed by atoms with Crippen LogP contribution in [-0.2, 0) is 4.74 Å². The molecule has 0 aliphatic carbocycles. The van der Waals surface area contributed by atoms with Crippen LogP contribution in [0, 0.1) is 5.21 Å². The van der Waals surface area contributed by atoms with Crippen LogP contribution in [0.3, 0.4) is 0 Å². The van der Waals surface area contributed by atoms with Crippen LogP contribution >= 0.6 is 0 Å². The van der Waals surface area contributed by atoms with E-state index >= 15 is 0 Å². The summed E-state index contributed by atoms with van der Waals surface area (Å²) in [6.07, 6.45) is 2.78. The zero-order valence-corrected chi connectivity index (χ0v) is 14.6. The van der Waals surface area contributed by atoms with Crippen LogP contribution in [0.2, 0.25) is 0 Å². The van der Waals surface area contributed by atoms with Crippen LogP contribution in [0.15, 0.2) is 72.0 Å². The van der Waals surface area contributed by atoms with Crippen molar-refractivity contribution >= 4 is 17.4 Å². The van der Waals surface area contributed by atoms with E-state index in [4.69, 9.17) is 14.5 Å². The molecule has 1 aromatic heterocycles. The number of esters is 1. The number of pyridine rings is 1. The summed E-state index contributed by atoms with van der Waals surface area (Å²) < 4.78 is 11.6. The molecule has 2 heterocycles. The van der Waals surface area contributed by atoms with Gasteiger partial charge in [0.15, 0.2) is 11.9 Å². The summed E-state index contributed by atoms with van der Waals surface area (Å²) in [5.74, 6) is 0.627. The lowest BCUT2D eigenvalue weighted by atomic mass is 10.0. The second-order valence-corrected chi connectivity index (χ2v) is 5.91. The zero-order chi connectivity index (χ0) is 18.8. The first-order valence-electron chi connectivity index (χ1n) is 8.52. The van der Waals surface area contributed by atoms with Gasteiger partial charge in [0.1, 0.15) is 5.69 Å². The molecule has 0 spiro atoms. The summed E-state index contributed by atoms with van der Waals surface area (Å²) >= 11 is 0. The third-order valence-electron chi connectivity index (χ3n) is 4.14. The number of carbonyl (C=O) groups excluding carboxylic acids is 1. The first-order valence-corrected chi connectivity index (χ1v) is 8.52. The Kier molecular flexibility index (Phi) is 4.30. The van der Waals surface area contributed by atoms with Crippen molar-refractivity contribution in [3.05, 3.63) is 88.9 Å². The van der Waals surface area contributed by atoms with Gasteiger partial charge in [0.25, 0.3) is 0 Å². The van der Waals surface area contributed by atoms with Crippen molar-refractivity contribution < 1.29 is 19.0 Å². The van der Waals surface area contributed by atoms with Gasteiger partial charge in [-0.1, -0.05) is 24.3 Å². The van der Waals surface area contributed by atoms with Crippen molar-refractivity contribution in [1.29, 1.82) is 0 Å². The van der Waals surface area contributed by atoms with E-state index in [9.17, 15) is 10.0 Å². The fourth-order valence-corrected chi connectivity index (χ4v) is 2.87. The Labute approximate surface area is 155 Å². The third-order valence-corrected chi connectivity index (χ3v) is 4.14. The van der Waals surface area contributed by atoms with Crippen molar-refractivity contribution in [2.24, 2.45) is 4.99 Å². The molecule has 6 nitrogen and oxygen atoms in total. The molecular weight excluding hydrogens is 344 g/mol. The molecule has 0 unspecified atom stereocenters. The van der Waals surface area contributed by atoms with Crippen LogP contribution in [0.25, 0.3) is 0 Å². The highest BCUT2D eigenvalue weighted by molar-refractivity contribution is 6.16. The number of para-hydroxylation sites is 2. The Morgan fingerprint density at radius 2 is 1.89 bits per heavy atom. The van der Waals surface area contributed by atoms with E-state index in [1.807, 2.05) is 18.2 Å². The van der Waals surface area contributed by atoms with Gasteiger partial charge in [0.05, 0.1) is 23.4 Å². The summed E-state index contributed by atoms with van der Waals surface area (Å²) in [6.45, 7) is 2.09. The van der Waals surface area contributed by atoms with Gasteiger partial charge in [-0.3, -0.25) is 0 Å². The normalized spacial score (nSPS) is 12.1. The Balaban J connectivity index is 1.83. The average Bonchev–Trinajstić information content (AvgIpc) is 2.84. The van der Waals surface area contributed by atoms with Gasteiger partial charge >= 0.3 is 5.97 Å². The van der Waals surface area contributed by atoms with Gasteiger partial charge in [-0.25, -0.2) is 9.79 Å². The minimum atomic E-state index is -0.367. The second kappa shape index (κ2) is 6.92. The molecule has 0 N–H and O–H groups in total. The van der Waals surface area contributed by atoms with Gasteiger partial charge in [0, 0.05) is 11.6 Å². The first-order chi connectivity index (χ1) is 13.2. The Morgan fingerprint density at radius 3 is 2.67 bits per heavy atom. The Morgan fingerprint density at radius 1 is 1.11 bits per heavy atom. The number of carbonyl (C=O) groups is 1. The zero-order valence-electron chi connectivity index (χ0n) is 14.6. The van der Waals surface area contributed by atoms with Crippen molar-refractivity contribution in [2.45, 2.75) is 6.92 Å². The average molecular weight is 360 g/mol. The molecule has 0 atom stereocenters. The number of rotatable bonds is 3. The van der Waals surface area contributed by atoms with Gasteiger partial charge < -0.3 is 14.7 Å². The van der Waals surface area contributed by atoms with E-state index in [1.54, 1.807) is 43.3 Å². The molecule has 134 valence electrons.